The lowest BCUT2D eigenvalue weighted by Gasteiger charge is -2.20. The summed E-state index contributed by atoms with van der Waals surface area (Å²) in [5, 5.41) is 28.2. The zero-order chi connectivity index (χ0) is 46.5. The van der Waals surface area contributed by atoms with Gasteiger partial charge in [-0.3, -0.25) is 18.6 Å². The lowest BCUT2D eigenvalue weighted by atomic mass is 9.99. The maximum Gasteiger partial charge on any atom is 0.472 e. The Morgan fingerprint density at radius 2 is 1.05 bits per heavy atom. The van der Waals surface area contributed by atoms with Gasteiger partial charge in [0.05, 0.1) is 25.9 Å². The number of rotatable bonds is 46. The molecule has 0 aliphatic carbocycles. The number of allylic oxidation sites excluding steroid dienone is 7. The van der Waals surface area contributed by atoms with Gasteiger partial charge in [-0.2, -0.15) is 0 Å². The van der Waals surface area contributed by atoms with Crippen molar-refractivity contribution in [2.45, 2.75) is 232 Å². The first kappa shape index (κ1) is 60.9. The zero-order valence-electron chi connectivity index (χ0n) is 40.1. The highest BCUT2D eigenvalue weighted by atomic mass is 31.2. The molecule has 4 N–H and O–H groups in total. The van der Waals surface area contributed by atoms with E-state index in [1.54, 1.807) is 0 Å². The van der Waals surface area contributed by atoms with E-state index in [1.807, 2.05) is 24.3 Å². The molecule has 0 fully saturated rings. The van der Waals surface area contributed by atoms with Gasteiger partial charge in [-0.1, -0.05) is 204 Å². The van der Waals surface area contributed by atoms with Crippen LogP contribution in [0.15, 0.2) is 48.6 Å². The van der Waals surface area contributed by atoms with Crippen molar-refractivity contribution in [1.29, 1.82) is 0 Å². The topological polar surface area (TPSA) is 169 Å². The summed E-state index contributed by atoms with van der Waals surface area (Å²) < 4.78 is 32.8. The molecule has 2 unspecified atom stereocenters. The van der Waals surface area contributed by atoms with Gasteiger partial charge in [0, 0.05) is 12.8 Å². The van der Waals surface area contributed by atoms with Crippen molar-refractivity contribution < 1.29 is 52.9 Å². The molecule has 0 spiro atoms. The minimum absolute atomic E-state index is 0.149. The van der Waals surface area contributed by atoms with Gasteiger partial charge in [0.15, 0.2) is 6.10 Å². The van der Waals surface area contributed by atoms with Crippen LogP contribution in [0.4, 0.5) is 0 Å². The van der Waals surface area contributed by atoms with Crippen LogP contribution in [0.5, 0.6) is 0 Å². The van der Waals surface area contributed by atoms with Crippen LogP contribution in [0.1, 0.15) is 213 Å². The second-order valence-corrected chi connectivity index (χ2v) is 18.7. The molecule has 0 aliphatic rings. The first-order chi connectivity index (χ1) is 30.5. The third-order valence-corrected chi connectivity index (χ3v) is 12.0. The fraction of sp³-hybridized carbons (Fsp3) is 0.804. The van der Waals surface area contributed by atoms with E-state index in [2.05, 4.69) is 45.1 Å². The van der Waals surface area contributed by atoms with Crippen LogP contribution in [0, 0.1) is 5.92 Å². The number of phosphoric acid groups is 1. The Balaban J connectivity index is 4.27. The smallest absolute Gasteiger partial charge is 0.462 e. The van der Waals surface area contributed by atoms with Gasteiger partial charge < -0.3 is 29.7 Å². The summed E-state index contributed by atoms with van der Waals surface area (Å²) in [6.07, 6.45) is 45.6. The standard InChI is InChI=1S/C51H93O11P/c1-4-6-38-47(53)39-34-30-26-22-18-15-16-19-23-27-31-35-40-50(55)59-44-49(45-61-63(57,58)60-43-48(54)42-52)62-51(56)41-36-32-28-24-20-14-12-10-8-7-9-11-13-17-21-25-29-33-37-46(3)5-2/h15-16,22-23,26-27,34,39,46-49,52-54H,4-14,17-21,24-25,28-33,35-38,40-45H2,1-3H3,(H,57,58)/b16-15-,26-22-,27-23-,39-34-/t46?,47-,48-,49+/m0/s1. The number of aliphatic hydroxyl groups is 3. The monoisotopic (exact) mass is 913 g/mol. The van der Waals surface area contributed by atoms with E-state index in [0.29, 0.717) is 19.3 Å². The lowest BCUT2D eigenvalue weighted by molar-refractivity contribution is -0.161. The van der Waals surface area contributed by atoms with Gasteiger partial charge in [0.2, 0.25) is 0 Å². The maximum absolute atomic E-state index is 12.7. The molecule has 0 saturated carbocycles. The van der Waals surface area contributed by atoms with Gasteiger partial charge in [0.1, 0.15) is 12.7 Å². The van der Waals surface area contributed by atoms with Gasteiger partial charge >= 0.3 is 19.8 Å². The third kappa shape index (κ3) is 44.9. The SMILES string of the molecule is CCCC[C@H](O)/C=C\C/C=C\C/C=C\C/C=C\CCCC(=O)OC[C@H](COP(=O)(O)OC[C@@H](O)CO)OC(=O)CCCCCCCCCCCCCCCCCCCCC(C)CC. The van der Waals surface area contributed by atoms with Crippen LogP contribution in [0.3, 0.4) is 0 Å². The Hall–Kier alpha value is -2.11. The van der Waals surface area contributed by atoms with Gasteiger partial charge in [-0.15, -0.1) is 0 Å². The highest BCUT2D eigenvalue weighted by Gasteiger charge is 2.27. The zero-order valence-corrected chi connectivity index (χ0v) is 41.0. The molecule has 11 nitrogen and oxygen atoms in total. The molecule has 5 atom stereocenters. The number of ether oxygens (including phenoxy) is 2. The Morgan fingerprint density at radius 1 is 0.571 bits per heavy atom. The van der Waals surface area contributed by atoms with E-state index < -0.39 is 51.8 Å². The van der Waals surface area contributed by atoms with E-state index >= 15 is 0 Å². The lowest BCUT2D eigenvalue weighted by Crippen LogP contribution is -2.29. The summed E-state index contributed by atoms with van der Waals surface area (Å²) in [6, 6.07) is 0. The van der Waals surface area contributed by atoms with Crippen molar-refractivity contribution in [2.24, 2.45) is 5.92 Å². The molecule has 63 heavy (non-hydrogen) atoms. The number of esters is 2. The number of phosphoric ester groups is 1. The molecule has 0 amide bonds. The second kappa shape index (κ2) is 45.1. The van der Waals surface area contributed by atoms with Crippen LogP contribution < -0.4 is 0 Å². The van der Waals surface area contributed by atoms with E-state index in [1.165, 1.54) is 103 Å². The molecule has 0 radical (unpaired) electrons. The first-order valence-electron chi connectivity index (χ1n) is 25.1. The van der Waals surface area contributed by atoms with Gasteiger partial charge in [-0.05, 0) is 50.9 Å². The quantitative estimate of drug-likeness (QED) is 0.0198. The number of carbonyl (C=O) groups excluding carboxylic acids is 2. The average molecular weight is 913 g/mol. The summed E-state index contributed by atoms with van der Waals surface area (Å²) in [4.78, 5) is 35.1. The van der Waals surface area contributed by atoms with Crippen LogP contribution in [-0.4, -0.2) is 76.9 Å². The minimum atomic E-state index is -4.64. The average Bonchev–Trinajstić information content (AvgIpc) is 3.27. The molecule has 368 valence electrons. The summed E-state index contributed by atoms with van der Waals surface area (Å²) in [6.45, 7) is 4.56. The molecule has 0 bridgehead atoms. The molecule has 0 aromatic rings. The Bertz CT molecular complexity index is 1220. The minimum Gasteiger partial charge on any atom is -0.462 e. The molecule has 0 heterocycles. The molecule has 0 aromatic heterocycles. The summed E-state index contributed by atoms with van der Waals surface area (Å²) >= 11 is 0. The molecule has 0 saturated heterocycles. The van der Waals surface area contributed by atoms with Crippen molar-refractivity contribution in [3.05, 3.63) is 48.6 Å². The van der Waals surface area contributed by atoms with Crippen molar-refractivity contribution in [2.75, 3.05) is 26.4 Å². The van der Waals surface area contributed by atoms with Gasteiger partial charge in [-0.25, -0.2) is 4.57 Å². The van der Waals surface area contributed by atoms with Crippen molar-refractivity contribution >= 4 is 19.8 Å². The highest BCUT2D eigenvalue weighted by Crippen LogP contribution is 2.43. The molecular formula is C51H93O11P. The van der Waals surface area contributed by atoms with Crippen LogP contribution >= 0.6 is 7.82 Å². The molecule has 0 aromatic carbocycles. The Labute approximate surface area is 384 Å². The predicted molar refractivity (Wildman–Crippen MR) is 257 cm³/mol. The van der Waals surface area contributed by atoms with Crippen LogP contribution in [0.25, 0.3) is 0 Å². The normalized spacial score (nSPS) is 15.1. The van der Waals surface area contributed by atoms with E-state index in [4.69, 9.17) is 23.6 Å². The van der Waals surface area contributed by atoms with Crippen molar-refractivity contribution in [3.8, 4) is 0 Å². The molecule has 0 aliphatic heterocycles. The van der Waals surface area contributed by atoms with Crippen molar-refractivity contribution in [3.63, 3.8) is 0 Å². The van der Waals surface area contributed by atoms with E-state index in [0.717, 1.165) is 63.7 Å². The fourth-order valence-electron chi connectivity index (χ4n) is 6.81. The number of hydrogen-bond acceptors (Lipinski definition) is 10. The maximum atomic E-state index is 12.7. The van der Waals surface area contributed by atoms with Crippen LogP contribution in [0.2, 0.25) is 0 Å². The first-order valence-corrected chi connectivity index (χ1v) is 26.6. The highest BCUT2D eigenvalue weighted by molar-refractivity contribution is 7.47. The number of carbonyl (C=O) groups is 2. The van der Waals surface area contributed by atoms with Crippen molar-refractivity contribution in [1.82, 2.24) is 0 Å². The predicted octanol–water partition coefficient (Wildman–Crippen LogP) is 12.9. The Kier molecular flexibility index (Phi) is 43.6. The summed E-state index contributed by atoms with van der Waals surface area (Å²) in [5.74, 6) is -0.119. The number of unbranched alkanes of at least 4 members (excludes halogenated alkanes) is 19. The third-order valence-electron chi connectivity index (χ3n) is 11.1. The van der Waals surface area contributed by atoms with Crippen LogP contribution in [-0.2, 0) is 32.7 Å². The van der Waals surface area contributed by atoms with E-state index in [-0.39, 0.29) is 25.6 Å². The summed E-state index contributed by atoms with van der Waals surface area (Å²) in [7, 11) is -4.64. The fourth-order valence-corrected chi connectivity index (χ4v) is 7.59. The number of hydrogen-bond donors (Lipinski definition) is 4. The van der Waals surface area contributed by atoms with E-state index in [9.17, 15) is 29.3 Å². The summed E-state index contributed by atoms with van der Waals surface area (Å²) in [5.41, 5.74) is 0. The molecular weight excluding hydrogens is 820 g/mol. The van der Waals surface area contributed by atoms with Gasteiger partial charge in [0.25, 0.3) is 0 Å². The Morgan fingerprint density at radius 3 is 1.57 bits per heavy atom. The second-order valence-electron chi connectivity index (χ2n) is 17.3. The molecule has 0 rings (SSSR count). The number of aliphatic hydroxyl groups excluding tert-OH is 3. The largest absolute Gasteiger partial charge is 0.472 e. The molecule has 12 heteroatoms.